The summed E-state index contributed by atoms with van der Waals surface area (Å²) >= 11 is 0. The molecule has 0 saturated carbocycles. The maximum Gasteiger partial charge on any atom is 0.0540 e. The van der Waals surface area contributed by atoms with Crippen molar-refractivity contribution in [2.24, 2.45) is 0 Å². The molecule has 1 heterocycles. The lowest BCUT2D eigenvalue weighted by molar-refractivity contribution is 0.0360. The molecule has 0 atom stereocenters. The number of rotatable bonds is 3. The number of aliphatic hydroxyl groups excluding tert-OH is 1. The van der Waals surface area contributed by atoms with Crippen LogP contribution in [-0.4, -0.2) is 53.7 Å². The zero-order chi connectivity index (χ0) is 15.3. The van der Waals surface area contributed by atoms with E-state index in [0.29, 0.717) is 6.42 Å². The molecule has 1 aliphatic rings. The molecule has 1 aromatic carbocycles. The monoisotopic (exact) mass is 286 g/mol. The number of nitrogens with zero attached hydrogens (tertiary/aromatic N) is 2. The summed E-state index contributed by atoms with van der Waals surface area (Å²) in [6.07, 6.45) is 0.539. The van der Waals surface area contributed by atoms with Gasteiger partial charge in [-0.15, -0.1) is 0 Å². The van der Waals surface area contributed by atoms with Gasteiger partial charge >= 0.3 is 0 Å². The molecule has 114 valence electrons. The van der Waals surface area contributed by atoms with Crippen LogP contribution in [0.15, 0.2) is 24.3 Å². The first-order valence-corrected chi connectivity index (χ1v) is 7.63. The average molecular weight is 286 g/mol. The van der Waals surface area contributed by atoms with Crippen molar-refractivity contribution in [2.75, 3.05) is 33.3 Å². The standard InChI is InChI=1S/C18H26N2O/c1-18(2)15-20(11-10-19(18)3)14-17-9-6-8-16(13-17)7-4-5-12-21/h6,8-9,13,21H,5,10-12,14-15H2,1-3H3. The van der Waals surface area contributed by atoms with E-state index in [9.17, 15) is 0 Å². The first-order valence-electron chi connectivity index (χ1n) is 7.63. The van der Waals surface area contributed by atoms with Crippen LogP contribution in [-0.2, 0) is 6.54 Å². The lowest BCUT2D eigenvalue weighted by atomic mass is 9.99. The molecule has 2 rings (SSSR count). The van der Waals surface area contributed by atoms with E-state index in [-0.39, 0.29) is 12.1 Å². The fraction of sp³-hybridized carbons (Fsp3) is 0.556. The summed E-state index contributed by atoms with van der Waals surface area (Å²) in [6, 6.07) is 8.43. The van der Waals surface area contributed by atoms with Crippen molar-refractivity contribution < 1.29 is 5.11 Å². The van der Waals surface area contributed by atoms with Gasteiger partial charge in [0.1, 0.15) is 0 Å². The highest BCUT2D eigenvalue weighted by Crippen LogP contribution is 2.20. The third kappa shape index (κ3) is 4.57. The Morgan fingerprint density at radius 2 is 2.10 bits per heavy atom. The van der Waals surface area contributed by atoms with E-state index in [1.165, 1.54) is 5.56 Å². The highest BCUT2D eigenvalue weighted by atomic mass is 16.2. The normalized spacial score (nSPS) is 19.0. The minimum Gasteiger partial charge on any atom is -0.395 e. The molecule has 0 radical (unpaired) electrons. The molecule has 1 saturated heterocycles. The van der Waals surface area contributed by atoms with Crippen molar-refractivity contribution in [2.45, 2.75) is 32.4 Å². The molecular formula is C18H26N2O. The lowest BCUT2D eigenvalue weighted by Gasteiger charge is -2.45. The Morgan fingerprint density at radius 1 is 1.29 bits per heavy atom. The van der Waals surface area contributed by atoms with E-state index in [4.69, 9.17) is 5.11 Å². The molecule has 0 aromatic heterocycles. The van der Waals surface area contributed by atoms with E-state index in [2.05, 4.69) is 60.7 Å². The van der Waals surface area contributed by atoms with Gasteiger partial charge < -0.3 is 5.11 Å². The number of aliphatic hydroxyl groups is 1. The SMILES string of the molecule is CN1CCN(Cc2cccc(C#CCCO)c2)CC1(C)C. The molecule has 0 spiro atoms. The maximum absolute atomic E-state index is 8.77. The van der Waals surface area contributed by atoms with Crippen molar-refractivity contribution in [3.05, 3.63) is 35.4 Å². The van der Waals surface area contributed by atoms with Gasteiger partial charge in [0.2, 0.25) is 0 Å². The van der Waals surface area contributed by atoms with Crippen LogP contribution in [0.4, 0.5) is 0 Å². The van der Waals surface area contributed by atoms with Gasteiger partial charge in [-0.05, 0) is 38.6 Å². The third-order valence-corrected chi connectivity index (χ3v) is 4.20. The van der Waals surface area contributed by atoms with E-state index in [1.54, 1.807) is 0 Å². The summed E-state index contributed by atoms with van der Waals surface area (Å²) in [7, 11) is 2.20. The molecule has 3 heteroatoms. The topological polar surface area (TPSA) is 26.7 Å². The Hall–Kier alpha value is -1.34. The number of benzene rings is 1. The molecule has 1 aliphatic heterocycles. The molecule has 3 nitrogen and oxygen atoms in total. The number of likely N-dealkylation sites (N-methyl/N-ethyl adjacent to an activating group) is 1. The van der Waals surface area contributed by atoms with E-state index >= 15 is 0 Å². The molecular weight excluding hydrogens is 260 g/mol. The predicted octanol–water partition coefficient (Wildman–Crippen LogP) is 1.95. The summed E-state index contributed by atoms with van der Waals surface area (Å²) in [5, 5.41) is 8.77. The zero-order valence-electron chi connectivity index (χ0n) is 13.4. The van der Waals surface area contributed by atoms with E-state index in [1.807, 2.05) is 6.07 Å². The highest BCUT2D eigenvalue weighted by molar-refractivity contribution is 5.37. The van der Waals surface area contributed by atoms with Gasteiger partial charge in [0.25, 0.3) is 0 Å². The Morgan fingerprint density at radius 3 is 2.81 bits per heavy atom. The number of piperazine rings is 1. The number of hydrogen-bond donors (Lipinski definition) is 1. The van der Waals surface area contributed by atoms with Crippen LogP contribution in [0, 0.1) is 11.8 Å². The average Bonchev–Trinajstić information content (AvgIpc) is 2.43. The molecule has 0 bridgehead atoms. The fourth-order valence-electron chi connectivity index (χ4n) is 2.70. The second-order valence-corrected chi connectivity index (χ2v) is 6.42. The summed E-state index contributed by atoms with van der Waals surface area (Å²) in [4.78, 5) is 4.94. The Bertz CT molecular complexity index is 528. The quantitative estimate of drug-likeness (QED) is 0.860. The highest BCUT2D eigenvalue weighted by Gasteiger charge is 2.30. The van der Waals surface area contributed by atoms with Crippen molar-refractivity contribution >= 4 is 0 Å². The van der Waals surface area contributed by atoms with Gasteiger partial charge in [-0.2, -0.15) is 0 Å². The van der Waals surface area contributed by atoms with Crippen molar-refractivity contribution in [1.29, 1.82) is 0 Å². The van der Waals surface area contributed by atoms with E-state index < -0.39 is 0 Å². The molecule has 0 unspecified atom stereocenters. The summed E-state index contributed by atoms with van der Waals surface area (Å²) < 4.78 is 0. The third-order valence-electron chi connectivity index (χ3n) is 4.20. The first kappa shape index (κ1) is 16.0. The molecule has 21 heavy (non-hydrogen) atoms. The van der Waals surface area contributed by atoms with Crippen LogP contribution in [0.1, 0.15) is 31.4 Å². The molecule has 1 fully saturated rings. The largest absolute Gasteiger partial charge is 0.395 e. The van der Waals surface area contributed by atoms with Gasteiger partial charge in [0, 0.05) is 43.7 Å². The van der Waals surface area contributed by atoms with Crippen LogP contribution >= 0.6 is 0 Å². The zero-order valence-corrected chi connectivity index (χ0v) is 13.4. The second kappa shape index (κ2) is 7.09. The first-order chi connectivity index (χ1) is 10.0. The van der Waals surface area contributed by atoms with Crippen molar-refractivity contribution in [3.8, 4) is 11.8 Å². The smallest absolute Gasteiger partial charge is 0.0540 e. The van der Waals surface area contributed by atoms with Crippen LogP contribution in [0.3, 0.4) is 0 Å². The Balaban J connectivity index is 2.00. The van der Waals surface area contributed by atoms with Crippen molar-refractivity contribution in [3.63, 3.8) is 0 Å². The minimum absolute atomic E-state index is 0.128. The van der Waals surface area contributed by atoms with Crippen LogP contribution in [0.2, 0.25) is 0 Å². The summed E-state index contributed by atoms with van der Waals surface area (Å²) in [6.45, 7) is 9.02. The minimum atomic E-state index is 0.128. The summed E-state index contributed by atoms with van der Waals surface area (Å²) in [5.41, 5.74) is 2.58. The van der Waals surface area contributed by atoms with Crippen molar-refractivity contribution in [1.82, 2.24) is 9.80 Å². The second-order valence-electron chi connectivity index (χ2n) is 6.42. The molecule has 0 amide bonds. The fourth-order valence-corrected chi connectivity index (χ4v) is 2.70. The van der Waals surface area contributed by atoms with Gasteiger partial charge in [0.05, 0.1) is 6.61 Å². The lowest BCUT2D eigenvalue weighted by Crippen LogP contribution is -2.57. The Kier molecular flexibility index (Phi) is 5.41. The molecule has 1 N–H and O–H groups in total. The maximum atomic E-state index is 8.77. The van der Waals surface area contributed by atoms with Gasteiger partial charge in [-0.1, -0.05) is 24.0 Å². The number of hydrogen-bond acceptors (Lipinski definition) is 3. The van der Waals surface area contributed by atoms with Crippen LogP contribution in [0.5, 0.6) is 0 Å². The van der Waals surface area contributed by atoms with Crippen LogP contribution < -0.4 is 0 Å². The van der Waals surface area contributed by atoms with E-state index in [0.717, 1.165) is 31.7 Å². The molecule has 1 aromatic rings. The van der Waals surface area contributed by atoms with Gasteiger partial charge in [-0.3, -0.25) is 9.80 Å². The predicted molar refractivity (Wildman–Crippen MR) is 87.0 cm³/mol. The van der Waals surface area contributed by atoms with Crippen LogP contribution in [0.25, 0.3) is 0 Å². The van der Waals surface area contributed by atoms with Gasteiger partial charge in [0.15, 0.2) is 0 Å². The summed E-state index contributed by atoms with van der Waals surface area (Å²) in [5.74, 6) is 6.09. The molecule has 0 aliphatic carbocycles. The van der Waals surface area contributed by atoms with Gasteiger partial charge in [-0.25, -0.2) is 0 Å². The Labute approximate surface area is 128 Å².